The van der Waals surface area contributed by atoms with E-state index in [0.717, 1.165) is 47.6 Å². The second-order valence-electron chi connectivity index (χ2n) is 8.10. The van der Waals surface area contributed by atoms with Gasteiger partial charge in [0.05, 0.1) is 30.8 Å². The number of aromatic nitrogens is 2. The molecule has 1 aliphatic rings. The highest BCUT2D eigenvalue weighted by Gasteiger charge is 2.31. The van der Waals surface area contributed by atoms with E-state index in [9.17, 15) is 9.50 Å². The minimum Gasteiger partial charge on any atom is -0.402 e. The summed E-state index contributed by atoms with van der Waals surface area (Å²) in [5, 5.41) is 9.84. The summed E-state index contributed by atoms with van der Waals surface area (Å²) in [4.78, 5) is 10.5. The summed E-state index contributed by atoms with van der Waals surface area (Å²) in [6.45, 7) is 4.84. The molecule has 2 aromatic carbocycles. The van der Waals surface area contributed by atoms with Crippen LogP contribution < -0.4 is 15.6 Å². The summed E-state index contributed by atoms with van der Waals surface area (Å²) < 4.78 is 13.5. The van der Waals surface area contributed by atoms with Gasteiger partial charge in [0.1, 0.15) is 5.82 Å². The van der Waals surface area contributed by atoms with Crippen molar-refractivity contribution in [2.75, 3.05) is 18.1 Å². The molecule has 1 fully saturated rings. The Hall–Kier alpha value is -3.25. The van der Waals surface area contributed by atoms with E-state index in [1.807, 2.05) is 44.2 Å². The summed E-state index contributed by atoms with van der Waals surface area (Å²) in [5.74, 6) is 1.22. The SMILES string of the molecule is CC(N)=C(c1ccc(C)cc1)c1nc(-c2ccc(F)cc2)cc(N2CCC[C@H]2CO)[nH+]1. The zero-order valence-corrected chi connectivity index (χ0v) is 17.9. The fourth-order valence-electron chi connectivity index (χ4n) is 4.12. The molecule has 6 heteroatoms. The van der Waals surface area contributed by atoms with Crippen molar-refractivity contribution in [2.24, 2.45) is 5.73 Å². The largest absolute Gasteiger partial charge is 0.402 e. The molecule has 31 heavy (non-hydrogen) atoms. The van der Waals surface area contributed by atoms with Crippen LogP contribution in [0.2, 0.25) is 0 Å². The van der Waals surface area contributed by atoms with E-state index in [1.165, 1.54) is 17.7 Å². The van der Waals surface area contributed by atoms with Gasteiger partial charge in [-0.1, -0.05) is 29.8 Å². The maximum absolute atomic E-state index is 13.5. The maximum atomic E-state index is 13.5. The standard InChI is InChI=1S/C25H27FN4O/c1-16-5-7-19(8-6-16)24(17(2)27)25-28-22(18-9-11-20(26)12-10-18)14-23(29-25)30-13-3-4-21(30)15-31/h5-12,14,21,31H,3-4,13,15,27H2,1-2H3/p+1/t21-/m0/s1. The Balaban J connectivity index is 1.89. The fraction of sp³-hybridized carbons (Fsp3) is 0.280. The summed E-state index contributed by atoms with van der Waals surface area (Å²) >= 11 is 0. The summed E-state index contributed by atoms with van der Waals surface area (Å²) in [7, 11) is 0. The molecule has 0 saturated carbocycles. The smallest absolute Gasteiger partial charge is 0.270 e. The zero-order valence-electron chi connectivity index (χ0n) is 17.9. The number of aliphatic hydroxyl groups is 1. The number of aromatic amines is 1. The van der Waals surface area contributed by atoms with E-state index in [2.05, 4.69) is 9.88 Å². The molecule has 1 aromatic heterocycles. The average Bonchev–Trinajstić information content (AvgIpc) is 3.24. The van der Waals surface area contributed by atoms with Crippen molar-refractivity contribution in [1.29, 1.82) is 0 Å². The van der Waals surface area contributed by atoms with E-state index < -0.39 is 0 Å². The van der Waals surface area contributed by atoms with Gasteiger partial charge in [0.15, 0.2) is 5.69 Å². The van der Waals surface area contributed by atoms with Crippen molar-refractivity contribution in [1.82, 2.24) is 4.98 Å². The fourth-order valence-corrected chi connectivity index (χ4v) is 4.12. The molecule has 1 atom stereocenters. The van der Waals surface area contributed by atoms with Gasteiger partial charge < -0.3 is 10.8 Å². The normalized spacial score (nSPS) is 17.0. The topological polar surface area (TPSA) is 76.5 Å². The lowest BCUT2D eigenvalue weighted by Gasteiger charge is -2.20. The third-order valence-corrected chi connectivity index (χ3v) is 5.76. The Bertz CT molecular complexity index is 1090. The van der Waals surface area contributed by atoms with Crippen LogP contribution in [0, 0.1) is 12.7 Å². The number of halogens is 1. The first-order valence-electron chi connectivity index (χ1n) is 10.6. The lowest BCUT2D eigenvalue weighted by atomic mass is 10.0. The van der Waals surface area contributed by atoms with Gasteiger partial charge in [-0.3, -0.25) is 4.90 Å². The lowest BCUT2D eigenvalue weighted by Crippen LogP contribution is -2.37. The molecular formula is C25H28FN4O+. The van der Waals surface area contributed by atoms with Gasteiger partial charge in [-0.25, -0.2) is 9.37 Å². The first-order chi connectivity index (χ1) is 15.0. The van der Waals surface area contributed by atoms with Gasteiger partial charge in [0.25, 0.3) is 5.82 Å². The summed E-state index contributed by atoms with van der Waals surface area (Å²) in [6.07, 6.45) is 1.95. The Morgan fingerprint density at radius 3 is 2.55 bits per heavy atom. The Kier molecular flexibility index (Phi) is 6.00. The zero-order chi connectivity index (χ0) is 22.0. The number of nitrogens with zero attached hydrogens (tertiary/aromatic N) is 2. The summed E-state index contributed by atoms with van der Waals surface area (Å²) in [6, 6.07) is 16.5. The van der Waals surface area contributed by atoms with Gasteiger partial charge in [0.2, 0.25) is 5.82 Å². The van der Waals surface area contributed by atoms with Gasteiger partial charge in [0, 0.05) is 11.3 Å². The predicted octanol–water partition coefficient (Wildman–Crippen LogP) is 3.71. The van der Waals surface area contributed by atoms with Crippen LogP contribution in [0.3, 0.4) is 0 Å². The molecule has 0 aliphatic carbocycles. The molecule has 1 aliphatic heterocycles. The first-order valence-corrected chi connectivity index (χ1v) is 10.6. The van der Waals surface area contributed by atoms with Crippen LogP contribution >= 0.6 is 0 Å². The Morgan fingerprint density at radius 1 is 1.19 bits per heavy atom. The number of benzene rings is 2. The Morgan fingerprint density at radius 2 is 1.90 bits per heavy atom. The van der Waals surface area contributed by atoms with Crippen molar-refractivity contribution < 1.29 is 14.5 Å². The molecule has 4 N–H and O–H groups in total. The molecule has 1 saturated heterocycles. The molecule has 0 bridgehead atoms. The van der Waals surface area contributed by atoms with Crippen LogP contribution in [0.15, 0.2) is 60.3 Å². The molecule has 0 amide bonds. The molecule has 0 radical (unpaired) electrons. The molecule has 3 aromatic rings. The Labute approximate surface area is 182 Å². The molecule has 0 unspecified atom stereocenters. The molecule has 0 spiro atoms. The van der Waals surface area contributed by atoms with Gasteiger partial charge in [-0.05, 0) is 56.5 Å². The predicted molar refractivity (Wildman–Crippen MR) is 121 cm³/mol. The number of rotatable bonds is 5. The van der Waals surface area contributed by atoms with Gasteiger partial charge >= 0.3 is 0 Å². The number of nitrogens with two attached hydrogens (primary N) is 1. The second-order valence-corrected chi connectivity index (χ2v) is 8.10. The van der Waals surface area contributed by atoms with E-state index in [4.69, 9.17) is 10.7 Å². The highest BCUT2D eigenvalue weighted by molar-refractivity contribution is 5.78. The minimum absolute atomic E-state index is 0.0540. The molecule has 4 rings (SSSR count). The van der Waals surface area contributed by atoms with Crippen LogP contribution in [0.5, 0.6) is 0 Å². The van der Waals surface area contributed by atoms with Crippen LogP contribution in [0.4, 0.5) is 10.2 Å². The highest BCUT2D eigenvalue weighted by Crippen LogP contribution is 2.29. The van der Waals surface area contributed by atoms with Crippen molar-refractivity contribution in [3.63, 3.8) is 0 Å². The van der Waals surface area contributed by atoms with E-state index >= 15 is 0 Å². The third-order valence-electron chi connectivity index (χ3n) is 5.76. The number of hydrogen-bond donors (Lipinski definition) is 2. The van der Waals surface area contributed by atoms with Crippen LogP contribution in [0.25, 0.3) is 16.8 Å². The molecule has 5 nitrogen and oxygen atoms in total. The molecular weight excluding hydrogens is 391 g/mol. The number of aliphatic hydroxyl groups excluding tert-OH is 1. The van der Waals surface area contributed by atoms with Gasteiger partial charge in [-0.15, -0.1) is 4.98 Å². The number of aryl methyl sites for hydroxylation is 1. The second kappa shape index (κ2) is 8.86. The van der Waals surface area contributed by atoms with Crippen molar-refractivity contribution >= 4 is 11.4 Å². The van der Waals surface area contributed by atoms with Crippen molar-refractivity contribution in [3.8, 4) is 11.3 Å². The van der Waals surface area contributed by atoms with Crippen LogP contribution in [-0.2, 0) is 0 Å². The van der Waals surface area contributed by atoms with E-state index in [-0.39, 0.29) is 18.5 Å². The average molecular weight is 420 g/mol. The van der Waals surface area contributed by atoms with Gasteiger partial charge in [-0.2, -0.15) is 0 Å². The lowest BCUT2D eigenvalue weighted by molar-refractivity contribution is -0.372. The van der Waals surface area contributed by atoms with E-state index in [1.54, 1.807) is 12.1 Å². The number of hydrogen-bond acceptors (Lipinski definition) is 4. The van der Waals surface area contributed by atoms with Crippen LogP contribution in [-0.4, -0.2) is 29.3 Å². The molecule has 2 heterocycles. The van der Waals surface area contributed by atoms with Crippen molar-refractivity contribution in [2.45, 2.75) is 32.7 Å². The maximum Gasteiger partial charge on any atom is 0.270 e. The quantitative estimate of drug-likeness (QED) is 0.661. The van der Waals surface area contributed by atoms with E-state index in [0.29, 0.717) is 11.5 Å². The first kappa shape index (κ1) is 21.0. The highest BCUT2D eigenvalue weighted by atomic mass is 19.1. The number of anilines is 1. The monoisotopic (exact) mass is 419 g/mol. The van der Waals surface area contributed by atoms with Crippen LogP contribution in [0.1, 0.15) is 36.7 Å². The number of allylic oxidation sites excluding steroid dienone is 1. The minimum atomic E-state index is -0.287. The number of H-pyrrole nitrogens is 1. The third kappa shape index (κ3) is 4.44. The molecule has 160 valence electrons. The van der Waals surface area contributed by atoms with Crippen molar-refractivity contribution in [3.05, 3.63) is 83.1 Å². The number of nitrogens with one attached hydrogen (secondary N) is 1. The summed E-state index contributed by atoms with van der Waals surface area (Å²) in [5.41, 5.74) is 11.5.